The first-order chi connectivity index (χ1) is 37.6. The van der Waals surface area contributed by atoms with Gasteiger partial charge >= 0.3 is 11.9 Å². The fourth-order valence-corrected chi connectivity index (χ4v) is 10.4. The van der Waals surface area contributed by atoms with E-state index in [1.165, 1.54) is 295 Å². The largest absolute Gasteiger partial charge is 0.462 e. The zero-order valence-electron chi connectivity index (χ0n) is 51.3. The van der Waals surface area contributed by atoms with E-state index in [9.17, 15) is 14.7 Å². The van der Waals surface area contributed by atoms with Crippen LogP contribution in [-0.4, -0.2) is 36.4 Å². The van der Waals surface area contributed by atoms with E-state index in [2.05, 4.69) is 62.5 Å². The Morgan fingerprint density at radius 2 is 0.526 bits per heavy atom. The highest BCUT2D eigenvalue weighted by molar-refractivity contribution is 5.70. The molecule has 0 aromatic carbocycles. The summed E-state index contributed by atoms with van der Waals surface area (Å²) in [6, 6.07) is 0. The molecule has 0 spiro atoms. The van der Waals surface area contributed by atoms with E-state index in [0.29, 0.717) is 12.8 Å². The summed E-state index contributed by atoms with van der Waals surface area (Å²) < 4.78 is 10.7. The predicted molar refractivity (Wildman–Crippen MR) is 334 cm³/mol. The molecule has 5 heteroatoms. The van der Waals surface area contributed by atoms with Gasteiger partial charge in [0.1, 0.15) is 6.61 Å². The number of hydrogen-bond acceptors (Lipinski definition) is 5. The van der Waals surface area contributed by atoms with Gasteiger partial charge in [-0.3, -0.25) is 9.59 Å². The van der Waals surface area contributed by atoms with E-state index < -0.39 is 6.10 Å². The lowest BCUT2D eigenvalue weighted by Crippen LogP contribution is -2.28. The number of unbranched alkanes of at least 4 members (excludes halogenated alkanes) is 48. The van der Waals surface area contributed by atoms with Gasteiger partial charge in [0.15, 0.2) is 6.10 Å². The lowest BCUT2D eigenvalue weighted by atomic mass is 10.0. The second-order valence-electron chi connectivity index (χ2n) is 23.3. The van der Waals surface area contributed by atoms with Gasteiger partial charge in [0.2, 0.25) is 0 Å². The van der Waals surface area contributed by atoms with E-state index in [0.717, 1.165) is 51.4 Å². The van der Waals surface area contributed by atoms with Crippen LogP contribution in [0.4, 0.5) is 0 Å². The molecule has 0 bridgehead atoms. The number of aliphatic hydroxyl groups is 1. The van der Waals surface area contributed by atoms with Crippen molar-refractivity contribution < 1.29 is 24.2 Å². The van der Waals surface area contributed by atoms with Crippen LogP contribution in [0.25, 0.3) is 0 Å². The molecule has 0 heterocycles. The molecule has 0 aliphatic rings. The summed E-state index contributed by atoms with van der Waals surface area (Å²) in [4.78, 5) is 24.6. The van der Waals surface area contributed by atoms with Crippen molar-refractivity contribution in [3.63, 3.8) is 0 Å². The van der Waals surface area contributed by atoms with Crippen molar-refractivity contribution in [3.8, 4) is 0 Å². The summed E-state index contributed by atoms with van der Waals surface area (Å²) in [5, 5.41) is 9.69. The van der Waals surface area contributed by atoms with E-state index in [1.54, 1.807) is 0 Å². The minimum atomic E-state index is -0.775. The molecule has 0 aromatic rings. The Morgan fingerprint density at radius 3 is 0.803 bits per heavy atom. The minimum absolute atomic E-state index is 0.0638. The zero-order chi connectivity index (χ0) is 54.8. The number of ether oxygens (including phenoxy) is 2. The summed E-state index contributed by atoms with van der Waals surface area (Å²) in [6.45, 7) is 4.18. The van der Waals surface area contributed by atoms with Crippen LogP contribution < -0.4 is 0 Å². The molecular weight excluding hydrogens is 933 g/mol. The molecule has 0 aliphatic carbocycles. The maximum absolute atomic E-state index is 12.3. The molecule has 0 rings (SSSR count). The normalized spacial score (nSPS) is 12.4. The number of carbonyl (C=O) groups excluding carboxylic acids is 2. The van der Waals surface area contributed by atoms with E-state index in [4.69, 9.17) is 9.47 Å². The number of carbonyl (C=O) groups is 2. The zero-order valence-corrected chi connectivity index (χ0v) is 51.3. The van der Waals surface area contributed by atoms with Gasteiger partial charge in [-0.1, -0.05) is 332 Å². The Hall–Kier alpha value is -2.14. The summed E-state index contributed by atoms with van der Waals surface area (Å²) in [6.07, 6.45) is 90.0. The lowest BCUT2D eigenvalue weighted by molar-refractivity contribution is -0.161. The van der Waals surface area contributed by atoms with Gasteiger partial charge in [-0.2, -0.15) is 0 Å². The second kappa shape index (κ2) is 67.1. The van der Waals surface area contributed by atoms with Crippen LogP contribution in [0.2, 0.25) is 0 Å². The van der Waals surface area contributed by atoms with Crippen LogP contribution in [0.1, 0.15) is 373 Å². The fraction of sp³-hybridized carbons (Fsp3) is 0.859. The molecule has 0 aromatic heterocycles. The Morgan fingerprint density at radius 1 is 0.303 bits per heavy atom. The Balaban J connectivity index is 3.40. The topological polar surface area (TPSA) is 72.8 Å². The Bertz CT molecular complexity index is 1250. The first-order valence-corrected chi connectivity index (χ1v) is 34.2. The molecule has 1 unspecified atom stereocenters. The second-order valence-corrected chi connectivity index (χ2v) is 23.3. The first-order valence-electron chi connectivity index (χ1n) is 34.2. The smallest absolute Gasteiger partial charge is 0.306 e. The van der Waals surface area contributed by atoms with Gasteiger partial charge in [0.25, 0.3) is 0 Å². The summed E-state index contributed by atoms with van der Waals surface area (Å²) in [5.41, 5.74) is 0. The van der Waals surface area contributed by atoms with Crippen molar-refractivity contribution >= 4 is 11.9 Å². The van der Waals surface area contributed by atoms with Crippen molar-refractivity contribution in [1.29, 1.82) is 0 Å². The molecule has 0 fully saturated rings. The number of aliphatic hydroxyl groups excluding tert-OH is 1. The lowest BCUT2D eigenvalue weighted by Gasteiger charge is -2.15. The third-order valence-corrected chi connectivity index (χ3v) is 15.6. The number of rotatable bonds is 64. The monoisotopic (exact) mass is 1070 g/mol. The van der Waals surface area contributed by atoms with E-state index in [-0.39, 0.29) is 25.2 Å². The number of esters is 2. The quantitative estimate of drug-likeness (QED) is 0.0373. The number of allylic oxidation sites excluding steroid dienone is 8. The third-order valence-electron chi connectivity index (χ3n) is 15.6. The van der Waals surface area contributed by atoms with Crippen LogP contribution in [0, 0.1) is 0 Å². The maximum Gasteiger partial charge on any atom is 0.306 e. The molecule has 0 saturated carbocycles. The fourth-order valence-electron chi connectivity index (χ4n) is 10.4. The van der Waals surface area contributed by atoms with Crippen LogP contribution in [0.15, 0.2) is 48.6 Å². The van der Waals surface area contributed by atoms with Gasteiger partial charge in [-0.15, -0.1) is 0 Å². The standard InChI is InChI=1S/C71H132O5/c1-3-5-7-9-11-13-15-17-19-21-23-25-27-29-30-31-32-33-34-35-36-37-38-39-40-42-43-45-47-49-51-53-55-57-59-61-63-65-70(73)75-68-69(67-72)76-71(74)66-64-62-60-58-56-54-52-50-48-46-44-41-28-26-24-22-20-18-16-14-12-10-8-6-4-2/h16,18,21-24,28,41,69,72H,3-15,17,19-20,25-27,29-40,42-68H2,1-2H3/b18-16-,23-21-,24-22-,41-28-. The van der Waals surface area contributed by atoms with Crippen LogP contribution >= 0.6 is 0 Å². The minimum Gasteiger partial charge on any atom is -0.462 e. The molecule has 76 heavy (non-hydrogen) atoms. The van der Waals surface area contributed by atoms with Crippen LogP contribution in [0.3, 0.4) is 0 Å². The highest BCUT2D eigenvalue weighted by atomic mass is 16.6. The van der Waals surface area contributed by atoms with Crippen molar-refractivity contribution in [3.05, 3.63) is 48.6 Å². The van der Waals surface area contributed by atoms with Crippen molar-refractivity contribution in [2.75, 3.05) is 13.2 Å². The average Bonchev–Trinajstić information content (AvgIpc) is 3.42. The molecule has 0 radical (unpaired) electrons. The Labute approximate surface area is 475 Å². The third kappa shape index (κ3) is 64.4. The summed E-state index contributed by atoms with van der Waals surface area (Å²) in [7, 11) is 0. The molecule has 1 atom stereocenters. The summed E-state index contributed by atoms with van der Waals surface area (Å²) in [5.74, 6) is -0.577. The van der Waals surface area contributed by atoms with Gasteiger partial charge in [0.05, 0.1) is 6.61 Å². The molecule has 0 saturated heterocycles. The highest BCUT2D eigenvalue weighted by Crippen LogP contribution is 2.18. The van der Waals surface area contributed by atoms with Gasteiger partial charge in [-0.25, -0.2) is 0 Å². The maximum atomic E-state index is 12.3. The van der Waals surface area contributed by atoms with Gasteiger partial charge in [0, 0.05) is 12.8 Å². The van der Waals surface area contributed by atoms with Crippen molar-refractivity contribution in [2.45, 2.75) is 380 Å². The molecule has 5 nitrogen and oxygen atoms in total. The first kappa shape index (κ1) is 73.9. The molecule has 446 valence electrons. The molecular formula is C71H132O5. The van der Waals surface area contributed by atoms with Crippen LogP contribution in [-0.2, 0) is 19.1 Å². The van der Waals surface area contributed by atoms with Crippen molar-refractivity contribution in [2.24, 2.45) is 0 Å². The average molecular weight is 1070 g/mol. The van der Waals surface area contributed by atoms with Gasteiger partial charge < -0.3 is 14.6 Å². The number of hydrogen-bond donors (Lipinski definition) is 1. The van der Waals surface area contributed by atoms with E-state index in [1.807, 2.05) is 0 Å². The highest BCUT2D eigenvalue weighted by Gasteiger charge is 2.16. The molecule has 0 aliphatic heterocycles. The van der Waals surface area contributed by atoms with E-state index >= 15 is 0 Å². The molecule has 1 N–H and O–H groups in total. The summed E-state index contributed by atoms with van der Waals surface area (Å²) >= 11 is 0. The predicted octanol–water partition coefficient (Wildman–Crippen LogP) is 23.5. The Kier molecular flexibility index (Phi) is 65.2. The SMILES string of the molecule is CCCCCCC/C=C\C/C=C\C/C=C\CCCCCCCCCCCCC(=O)OC(CO)COC(=O)CCCCCCCCCCCCCCCCCCCCCCCCCCC/C=C\CCCCCCCCCC. The van der Waals surface area contributed by atoms with Crippen LogP contribution in [0.5, 0.6) is 0 Å². The van der Waals surface area contributed by atoms with Gasteiger partial charge in [-0.05, 0) is 77.0 Å². The van der Waals surface area contributed by atoms with Crippen molar-refractivity contribution in [1.82, 2.24) is 0 Å². The molecule has 0 amide bonds.